The van der Waals surface area contributed by atoms with E-state index in [0.29, 0.717) is 29.4 Å². The van der Waals surface area contributed by atoms with E-state index in [2.05, 4.69) is 5.32 Å². The first-order valence-corrected chi connectivity index (χ1v) is 6.61. The van der Waals surface area contributed by atoms with Gasteiger partial charge in [0.1, 0.15) is 12.4 Å². The van der Waals surface area contributed by atoms with Crippen LogP contribution in [0.5, 0.6) is 5.75 Å². The van der Waals surface area contributed by atoms with Crippen LogP contribution < -0.4 is 27.3 Å². The Labute approximate surface area is 123 Å². The van der Waals surface area contributed by atoms with Crippen molar-refractivity contribution >= 4 is 22.7 Å². The summed E-state index contributed by atoms with van der Waals surface area (Å²) in [7, 11) is 0. The summed E-state index contributed by atoms with van der Waals surface area (Å²) in [5.41, 5.74) is 21.2. The number of nitrogens with two attached hydrogens (primary N) is 3. The molecule has 0 fully saturated rings. The molecule has 0 unspecified atom stereocenters. The van der Waals surface area contributed by atoms with Crippen LogP contribution in [0, 0.1) is 0 Å². The zero-order valence-corrected chi connectivity index (χ0v) is 11.7. The van der Waals surface area contributed by atoms with E-state index in [-0.39, 0.29) is 13.2 Å². The number of para-hydroxylation sites is 1. The van der Waals surface area contributed by atoms with E-state index in [9.17, 15) is 0 Å². The molecule has 0 radical (unpaired) electrons. The molecular weight excluding hydrogens is 268 g/mol. The van der Waals surface area contributed by atoms with Crippen molar-refractivity contribution in [3.05, 3.63) is 42.0 Å². The zero-order valence-electron chi connectivity index (χ0n) is 11.7. The van der Waals surface area contributed by atoms with Crippen molar-refractivity contribution < 1.29 is 9.84 Å². The van der Waals surface area contributed by atoms with E-state index in [0.717, 1.165) is 11.3 Å². The third kappa shape index (κ3) is 3.70. The Morgan fingerprint density at radius 2 is 1.90 bits per heavy atom. The van der Waals surface area contributed by atoms with Crippen LogP contribution >= 0.6 is 0 Å². The zero-order chi connectivity index (χ0) is 15.2. The highest BCUT2D eigenvalue weighted by atomic mass is 16.5. The summed E-state index contributed by atoms with van der Waals surface area (Å²) in [5, 5.41) is 12.0. The molecule has 2 aromatic rings. The van der Waals surface area contributed by atoms with E-state index in [1.807, 2.05) is 18.2 Å². The van der Waals surface area contributed by atoms with Crippen molar-refractivity contribution in [1.82, 2.24) is 0 Å². The largest absolute Gasteiger partial charge is 0.489 e. The minimum absolute atomic E-state index is 0.0586. The summed E-state index contributed by atoms with van der Waals surface area (Å²) < 4.78 is 5.36. The molecule has 6 nitrogen and oxygen atoms in total. The van der Waals surface area contributed by atoms with Gasteiger partial charge in [-0.1, -0.05) is 6.07 Å². The summed E-state index contributed by atoms with van der Waals surface area (Å²) in [4.78, 5) is 0. The maximum absolute atomic E-state index is 8.79. The minimum Gasteiger partial charge on any atom is -0.489 e. The smallest absolute Gasteiger partial charge is 0.144 e. The van der Waals surface area contributed by atoms with Gasteiger partial charge in [0.15, 0.2) is 0 Å². The second-order valence-corrected chi connectivity index (χ2v) is 4.60. The Kier molecular flexibility index (Phi) is 4.73. The summed E-state index contributed by atoms with van der Waals surface area (Å²) >= 11 is 0. The van der Waals surface area contributed by atoms with Crippen LogP contribution in [0.4, 0.5) is 22.7 Å². The van der Waals surface area contributed by atoms with Gasteiger partial charge < -0.3 is 32.4 Å². The first-order valence-electron chi connectivity index (χ1n) is 6.61. The first kappa shape index (κ1) is 14.8. The second-order valence-electron chi connectivity index (χ2n) is 4.60. The van der Waals surface area contributed by atoms with Crippen LogP contribution in [0.1, 0.15) is 5.56 Å². The van der Waals surface area contributed by atoms with Crippen molar-refractivity contribution in [2.75, 3.05) is 35.7 Å². The summed E-state index contributed by atoms with van der Waals surface area (Å²) in [6, 6.07) is 10.8. The fraction of sp³-hybridized carbons (Fsp3) is 0.200. The number of hydrogen-bond acceptors (Lipinski definition) is 6. The van der Waals surface area contributed by atoms with Gasteiger partial charge in [-0.25, -0.2) is 0 Å². The van der Waals surface area contributed by atoms with Gasteiger partial charge in [0.05, 0.1) is 18.0 Å². The molecule has 0 bridgehead atoms. The molecule has 2 rings (SSSR count). The molecule has 0 saturated heterocycles. The van der Waals surface area contributed by atoms with Gasteiger partial charge in [-0.15, -0.1) is 0 Å². The Morgan fingerprint density at radius 3 is 2.67 bits per heavy atom. The molecule has 8 N–H and O–H groups in total. The van der Waals surface area contributed by atoms with Crippen LogP contribution in [-0.2, 0) is 6.54 Å². The number of aliphatic hydroxyl groups is 1. The number of rotatable bonds is 6. The molecular formula is C15H20N4O2. The number of benzene rings is 2. The predicted molar refractivity (Wildman–Crippen MR) is 86.0 cm³/mol. The molecule has 0 aliphatic rings. The molecule has 0 aliphatic carbocycles. The van der Waals surface area contributed by atoms with E-state index < -0.39 is 0 Å². The summed E-state index contributed by atoms with van der Waals surface area (Å²) in [6.07, 6.45) is 0. The molecule has 21 heavy (non-hydrogen) atoms. The van der Waals surface area contributed by atoms with Crippen LogP contribution in [0.2, 0.25) is 0 Å². The molecule has 0 atom stereocenters. The quantitative estimate of drug-likeness (QED) is 0.513. The third-order valence-corrected chi connectivity index (χ3v) is 3.05. The topological polar surface area (TPSA) is 120 Å². The highest BCUT2D eigenvalue weighted by molar-refractivity contribution is 5.73. The maximum atomic E-state index is 8.79. The molecule has 6 heteroatoms. The number of nitrogen functional groups attached to an aromatic ring is 3. The Balaban J connectivity index is 2.11. The number of hydrogen-bond donors (Lipinski definition) is 5. The van der Waals surface area contributed by atoms with Gasteiger partial charge in [-0.05, 0) is 35.9 Å². The van der Waals surface area contributed by atoms with Gasteiger partial charge in [-0.2, -0.15) is 0 Å². The number of ether oxygens (including phenoxy) is 1. The molecule has 0 saturated carbocycles. The van der Waals surface area contributed by atoms with Crippen LogP contribution in [0.25, 0.3) is 0 Å². The number of anilines is 4. The predicted octanol–water partition coefficient (Wildman–Crippen LogP) is 1.42. The average Bonchev–Trinajstić information content (AvgIpc) is 2.48. The van der Waals surface area contributed by atoms with Crippen LogP contribution in [0.3, 0.4) is 0 Å². The standard InChI is InChI=1S/C15H20N4O2/c16-11-4-5-12(17)10(8-11)9-19-13-2-1-3-14(15(13)18)21-7-6-20/h1-5,8,19-20H,6-7,9,16-18H2. The normalized spacial score (nSPS) is 10.3. The molecule has 0 spiro atoms. The Hall–Kier alpha value is -2.60. The van der Waals surface area contributed by atoms with Crippen LogP contribution in [-0.4, -0.2) is 18.3 Å². The molecule has 2 aromatic carbocycles. The van der Waals surface area contributed by atoms with E-state index in [1.54, 1.807) is 18.2 Å². The first-order chi connectivity index (χ1) is 10.1. The third-order valence-electron chi connectivity index (χ3n) is 3.05. The van der Waals surface area contributed by atoms with Crippen molar-refractivity contribution in [1.29, 1.82) is 0 Å². The Bertz CT molecular complexity index is 617. The highest BCUT2D eigenvalue weighted by Gasteiger charge is 2.07. The van der Waals surface area contributed by atoms with Gasteiger partial charge in [0.2, 0.25) is 0 Å². The number of nitrogens with one attached hydrogen (secondary N) is 1. The van der Waals surface area contributed by atoms with Gasteiger partial charge in [0, 0.05) is 17.9 Å². The van der Waals surface area contributed by atoms with Crippen molar-refractivity contribution in [2.24, 2.45) is 0 Å². The SMILES string of the molecule is Nc1ccc(N)c(CNc2cccc(OCCO)c2N)c1. The summed E-state index contributed by atoms with van der Waals surface area (Å²) in [5.74, 6) is 0.537. The number of aliphatic hydroxyl groups excluding tert-OH is 1. The van der Waals surface area contributed by atoms with E-state index in [4.69, 9.17) is 27.0 Å². The fourth-order valence-electron chi connectivity index (χ4n) is 1.95. The van der Waals surface area contributed by atoms with Gasteiger partial charge in [-0.3, -0.25) is 0 Å². The fourth-order valence-corrected chi connectivity index (χ4v) is 1.95. The molecule has 0 heterocycles. The molecule has 0 aromatic heterocycles. The van der Waals surface area contributed by atoms with Crippen molar-refractivity contribution in [3.63, 3.8) is 0 Å². The summed E-state index contributed by atoms with van der Waals surface area (Å²) in [6.45, 7) is 0.650. The maximum Gasteiger partial charge on any atom is 0.144 e. The lowest BCUT2D eigenvalue weighted by molar-refractivity contribution is 0.202. The lowest BCUT2D eigenvalue weighted by Crippen LogP contribution is -2.08. The van der Waals surface area contributed by atoms with Gasteiger partial charge >= 0.3 is 0 Å². The molecule has 0 amide bonds. The Morgan fingerprint density at radius 1 is 1.10 bits per heavy atom. The highest BCUT2D eigenvalue weighted by Crippen LogP contribution is 2.30. The van der Waals surface area contributed by atoms with Gasteiger partial charge in [0.25, 0.3) is 0 Å². The van der Waals surface area contributed by atoms with E-state index >= 15 is 0 Å². The molecule has 112 valence electrons. The van der Waals surface area contributed by atoms with E-state index in [1.165, 1.54) is 0 Å². The van der Waals surface area contributed by atoms with Crippen LogP contribution in [0.15, 0.2) is 36.4 Å². The minimum atomic E-state index is -0.0586. The lowest BCUT2D eigenvalue weighted by atomic mass is 10.1. The van der Waals surface area contributed by atoms with Crippen molar-refractivity contribution in [2.45, 2.75) is 6.54 Å². The average molecular weight is 288 g/mol. The molecule has 0 aliphatic heterocycles. The monoisotopic (exact) mass is 288 g/mol. The van der Waals surface area contributed by atoms with Crippen molar-refractivity contribution in [3.8, 4) is 5.75 Å². The second kappa shape index (κ2) is 6.71. The lowest BCUT2D eigenvalue weighted by Gasteiger charge is -2.14.